The van der Waals surface area contributed by atoms with Crippen molar-refractivity contribution in [3.8, 4) is 0 Å². The van der Waals surface area contributed by atoms with Gasteiger partial charge in [-0.1, -0.05) is 74.3 Å². The van der Waals surface area contributed by atoms with E-state index in [9.17, 15) is 0 Å². The van der Waals surface area contributed by atoms with Crippen LogP contribution in [0.1, 0.15) is 11.1 Å². The molecule has 0 nitrogen and oxygen atoms in total. The lowest BCUT2D eigenvalue weighted by molar-refractivity contribution is 1.22. The van der Waals surface area contributed by atoms with Gasteiger partial charge in [-0.15, -0.1) is 0 Å². The molecule has 0 aliphatic carbocycles. The molecule has 3 radical (unpaired) electrons. The number of rotatable bonds is 2. The highest BCUT2D eigenvalue weighted by Gasteiger charge is 2.11. The number of benzene rings is 2. The fourth-order valence-electron chi connectivity index (χ4n) is 1.71. The molecule has 0 heterocycles. The van der Waals surface area contributed by atoms with Crippen molar-refractivity contribution in [1.82, 2.24) is 0 Å². The van der Waals surface area contributed by atoms with Crippen LogP contribution < -0.4 is 0 Å². The Balaban J connectivity index is 2.60. The van der Waals surface area contributed by atoms with E-state index in [0.29, 0.717) is 0 Å². The standard InChI is InChI=1S/C13H9Br2Si/c14-8-12(15)13(16)11-7-3-5-9-4-1-2-6-10(9)11/h1-8,13H. The Morgan fingerprint density at radius 1 is 1.12 bits per heavy atom. The van der Waals surface area contributed by atoms with Gasteiger partial charge in [0.15, 0.2) is 0 Å². The zero-order valence-corrected chi connectivity index (χ0v) is 12.6. The van der Waals surface area contributed by atoms with E-state index in [2.05, 4.69) is 84.6 Å². The van der Waals surface area contributed by atoms with Crippen LogP contribution in [0.5, 0.6) is 0 Å². The van der Waals surface area contributed by atoms with Crippen LogP contribution in [0.4, 0.5) is 0 Å². The summed E-state index contributed by atoms with van der Waals surface area (Å²) in [5, 5.41) is 2.54. The first-order valence-corrected chi connectivity index (χ1v) is 7.17. The minimum Gasteiger partial charge on any atom is -0.0616 e. The molecule has 0 aliphatic rings. The SMILES string of the molecule is [Si]C(C(Br)=CBr)c1cccc2ccccc12. The number of hydrogen-bond donors (Lipinski definition) is 0. The van der Waals surface area contributed by atoms with Crippen LogP contribution in [-0.4, -0.2) is 10.2 Å². The van der Waals surface area contributed by atoms with E-state index in [1.54, 1.807) is 0 Å². The maximum Gasteiger partial charge on any atom is 0.0404 e. The normalized spacial score (nSPS) is 14.1. The topological polar surface area (TPSA) is 0 Å². The van der Waals surface area contributed by atoms with E-state index >= 15 is 0 Å². The first-order chi connectivity index (χ1) is 7.74. The van der Waals surface area contributed by atoms with E-state index in [4.69, 9.17) is 0 Å². The summed E-state index contributed by atoms with van der Waals surface area (Å²) in [5.74, 6) is 0. The smallest absolute Gasteiger partial charge is 0.0404 e. The molecule has 0 aromatic heterocycles. The monoisotopic (exact) mass is 351 g/mol. The van der Waals surface area contributed by atoms with Gasteiger partial charge in [-0.05, 0) is 21.3 Å². The minimum absolute atomic E-state index is 0.172. The molecule has 0 fully saturated rings. The van der Waals surface area contributed by atoms with Crippen LogP contribution in [0.3, 0.4) is 0 Å². The summed E-state index contributed by atoms with van der Waals surface area (Å²) < 4.78 is 1.07. The third kappa shape index (κ3) is 2.31. The Morgan fingerprint density at radius 2 is 1.81 bits per heavy atom. The van der Waals surface area contributed by atoms with Crippen molar-refractivity contribution in [1.29, 1.82) is 0 Å². The van der Waals surface area contributed by atoms with Gasteiger partial charge in [0.1, 0.15) is 0 Å². The molecule has 16 heavy (non-hydrogen) atoms. The second-order valence-electron chi connectivity index (χ2n) is 3.50. The molecule has 0 aliphatic heterocycles. The van der Waals surface area contributed by atoms with Crippen molar-refractivity contribution < 1.29 is 0 Å². The summed E-state index contributed by atoms with van der Waals surface area (Å²) >= 11 is 6.87. The van der Waals surface area contributed by atoms with Gasteiger partial charge in [-0.25, -0.2) is 0 Å². The second-order valence-corrected chi connectivity index (χ2v) is 5.45. The minimum atomic E-state index is 0.172. The molecule has 0 bridgehead atoms. The summed E-state index contributed by atoms with van der Waals surface area (Å²) in [5.41, 5.74) is 1.43. The maximum absolute atomic E-state index is 3.74. The third-order valence-electron chi connectivity index (χ3n) is 2.51. The summed E-state index contributed by atoms with van der Waals surface area (Å²) in [4.78, 5) is 1.88. The van der Waals surface area contributed by atoms with Gasteiger partial charge >= 0.3 is 0 Å². The second kappa shape index (κ2) is 5.30. The number of fused-ring (bicyclic) bond motifs is 1. The molecule has 1 atom stereocenters. The largest absolute Gasteiger partial charge is 0.0616 e. The molecule has 0 saturated carbocycles. The first-order valence-electron chi connectivity index (χ1n) is 4.88. The average molecular weight is 353 g/mol. The van der Waals surface area contributed by atoms with Crippen LogP contribution in [-0.2, 0) is 0 Å². The Bertz CT molecular complexity index is 529. The van der Waals surface area contributed by atoms with Gasteiger partial charge in [0, 0.05) is 20.3 Å². The van der Waals surface area contributed by atoms with Crippen LogP contribution in [0.25, 0.3) is 10.8 Å². The van der Waals surface area contributed by atoms with Gasteiger partial charge in [0.25, 0.3) is 0 Å². The number of halogens is 2. The Labute approximate surface area is 115 Å². The van der Waals surface area contributed by atoms with Crippen LogP contribution in [0, 0.1) is 0 Å². The number of hydrogen-bond acceptors (Lipinski definition) is 0. The van der Waals surface area contributed by atoms with Gasteiger partial charge in [0.2, 0.25) is 0 Å². The summed E-state index contributed by atoms with van der Waals surface area (Å²) in [7, 11) is 3.74. The molecule has 79 valence electrons. The molecule has 3 heteroatoms. The van der Waals surface area contributed by atoms with E-state index in [0.717, 1.165) is 4.48 Å². The summed E-state index contributed by atoms with van der Waals surface area (Å²) in [6.45, 7) is 0. The van der Waals surface area contributed by atoms with Crippen LogP contribution >= 0.6 is 31.9 Å². The van der Waals surface area contributed by atoms with Crippen molar-refractivity contribution in [3.63, 3.8) is 0 Å². The van der Waals surface area contributed by atoms with Crippen molar-refractivity contribution >= 4 is 52.9 Å². The lowest BCUT2D eigenvalue weighted by Gasteiger charge is -2.13. The zero-order valence-electron chi connectivity index (χ0n) is 8.45. The lowest BCUT2D eigenvalue weighted by atomic mass is 10.0. The molecule has 2 aromatic carbocycles. The maximum atomic E-state index is 3.74. The van der Waals surface area contributed by atoms with Crippen molar-refractivity contribution in [3.05, 3.63) is 57.5 Å². The van der Waals surface area contributed by atoms with E-state index in [-0.39, 0.29) is 5.54 Å². The lowest BCUT2D eigenvalue weighted by Crippen LogP contribution is -1.98. The van der Waals surface area contributed by atoms with Crippen molar-refractivity contribution in [2.75, 3.05) is 0 Å². The van der Waals surface area contributed by atoms with E-state index in [1.165, 1.54) is 16.3 Å². The van der Waals surface area contributed by atoms with Gasteiger partial charge in [-0.2, -0.15) is 0 Å². The van der Waals surface area contributed by atoms with Crippen LogP contribution in [0.2, 0.25) is 0 Å². The molecule has 2 rings (SSSR count). The van der Waals surface area contributed by atoms with Gasteiger partial charge in [0.05, 0.1) is 0 Å². The average Bonchev–Trinajstić information content (AvgIpc) is 2.36. The predicted octanol–water partition coefficient (Wildman–Crippen LogP) is 4.68. The van der Waals surface area contributed by atoms with Crippen molar-refractivity contribution in [2.24, 2.45) is 0 Å². The van der Waals surface area contributed by atoms with Crippen LogP contribution in [0.15, 0.2) is 51.9 Å². The van der Waals surface area contributed by atoms with E-state index < -0.39 is 0 Å². The Morgan fingerprint density at radius 3 is 2.56 bits per heavy atom. The highest BCUT2D eigenvalue weighted by atomic mass is 79.9. The zero-order chi connectivity index (χ0) is 11.5. The van der Waals surface area contributed by atoms with Gasteiger partial charge in [-0.3, -0.25) is 0 Å². The molecule has 1 unspecified atom stereocenters. The highest BCUT2D eigenvalue weighted by Crippen LogP contribution is 2.31. The van der Waals surface area contributed by atoms with Crippen molar-refractivity contribution in [2.45, 2.75) is 5.54 Å². The predicted molar refractivity (Wildman–Crippen MR) is 78.4 cm³/mol. The Hall–Kier alpha value is -0.383. The fourth-order valence-corrected chi connectivity index (χ4v) is 2.80. The Kier molecular flexibility index (Phi) is 4.00. The summed E-state index contributed by atoms with van der Waals surface area (Å²) in [6.07, 6.45) is 0. The molecule has 0 spiro atoms. The molecular weight excluding hydrogens is 344 g/mol. The first kappa shape index (κ1) is 12.1. The van der Waals surface area contributed by atoms with Gasteiger partial charge < -0.3 is 0 Å². The summed E-state index contributed by atoms with van der Waals surface area (Å²) in [6, 6.07) is 14.7. The third-order valence-corrected chi connectivity index (χ3v) is 5.35. The number of allylic oxidation sites excluding steroid dienone is 1. The van der Waals surface area contributed by atoms with E-state index in [1.807, 2.05) is 4.99 Å². The highest BCUT2D eigenvalue weighted by molar-refractivity contribution is 9.14. The molecule has 0 saturated heterocycles. The molecule has 2 aromatic rings. The fraction of sp³-hybridized carbons (Fsp3) is 0.0769. The molecular formula is C13H9Br2Si. The molecule has 0 amide bonds. The molecule has 0 N–H and O–H groups in total. The quantitative estimate of drug-likeness (QED) is 0.688.